The standard InChI is InChI=1S/C45H83NO5/c1-3-5-7-9-11-13-14-15-16-17-18-19-23-27-31-35-39-45(50)51-40-36-32-28-24-20-22-26-30-34-38-44(49)46-42(41-47)43(48)37-33-29-25-21-12-10-8-6-4-2/h16-17,22,26,33,37,42-43,47-48H,3-15,18-21,23-25,27-32,34-36,38-41H2,1-2H3,(H,46,49)/b17-16-,26-22-,37-33+. The van der Waals surface area contributed by atoms with Crippen LogP contribution in [-0.4, -0.2) is 47.4 Å². The lowest BCUT2D eigenvalue weighted by molar-refractivity contribution is -0.143. The van der Waals surface area contributed by atoms with Crippen molar-refractivity contribution in [2.24, 2.45) is 0 Å². The molecule has 6 nitrogen and oxygen atoms in total. The fourth-order valence-electron chi connectivity index (χ4n) is 6.22. The van der Waals surface area contributed by atoms with Crippen LogP contribution in [0, 0.1) is 0 Å². The number of rotatable bonds is 39. The summed E-state index contributed by atoms with van der Waals surface area (Å²) in [5.74, 6) is -0.181. The molecule has 0 saturated heterocycles. The predicted molar refractivity (Wildman–Crippen MR) is 218 cm³/mol. The first kappa shape index (κ1) is 49.1. The Morgan fingerprint density at radius 2 is 0.941 bits per heavy atom. The van der Waals surface area contributed by atoms with Crippen molar-refractivity contribution in [1.29, 1.82) is 0 Å². The summed E-state index contributed by atoms with van der Waals surface area (Å²) < 4.78 is 5.42. The summed E-state index contributed by atoms with van der Waals surface area (Å²) in [5, 5.41) is 22.8. The predicted octanol–water partition coefficient (Wildman–Crippen LogP) is 12.2. The van der Waals surface area contributed by atoms with Crippen molar-refractivity contribution in [1.82, 2.24) is 5.32 Å². The number of amides is 1. The Labute approximate surface area is 315 Å². The molecule has 0 rings (SSSR count). The first-order valence-electron chi connectivity index (χ1n) is 21.8. The first-order chi connectivity index (χ1) is 25.0. The van der Waals surface area contributed by atoms with Crippen LogP contribution in [0.1, 0.15) is 213 Å². The Hall–Kier alpha value is -1.92. The Morgan fingerprint density at radius 1 is 0.529 bits per heavy atom. The zero-order valence-corrected chi connectivity index (χ0v) is 33.6. The molecule has 0 aromatic heterocycles. The molecule has 0 aromatic rings. The second-order valence-corrected chi connectivity index (χ2v) is 14.7. The highest BCUT2D eigenvalue weighted by Gasteiger charge is 2.17. The molecule has 1 amide bonds. The number of hydrogen-bond acceptors (Lipinski definition) is 5. The minimum atomic E-state index is -0.873. The molecule has 2 atom stereocenters. The van der Waals surface area contributed by atoms with Gasteiger partial charge < -0.3 is 20.3 Å². The molecule has 51 heavy (non-hydrogen) atoms. The SMILES string of the molecule is CCCCCCCCC/C=C\CCCCCCCC(=O)OCCCCCC/C=C\CCCC(=O)NC(CO)C(O)/C=C/CCCCCCCCC. The van der Waals surface area contributed by atoms with Crippen LogP contribution in [-0.2, 0) is 14.3 Å². The number of aliphatic hydroxyl groups excluding tert-OH is 2. The molecule has 0 aromatic carbocycles. The number of esters is 1. The Kier molecular flexibility index (Phi) is 39.3. The van der Waals surface area contributed by atoms with Gasteiger partial charge in [0, 0.05) is 12.8 Å². The van der Waals surface area contributed by atoms with E-state index < -0.39 is 12.1 Å². The molecule has 0 heterocycles. The molecule has 0 aliphatic heterocycles. The number of ether oxygens (including phenoxy) is 1. The van der Waals surface area contributed by atoms with Gasteiger partial charge in [-0.2, -0.15) is 0 Å². The smallest absolute Gasteiger partial charge is 0.305 e. The Bertz CT molecular complexity index is 838. The molecule has 0 saturated carbocycles. The quantitative estimate of drug-likeness (QED) is 0.0334. The summed E-state index contributed by atoms with van der Waals surface area (Å²) in [5.41, 5.74) is 0. The highest BCUT2D eigenvalue weighted by molar-refractivity contribution is 5.76. The maximum atomic E-state index is 12.3. The zero-order valence-electron chi connectivity index (χ0n) is 33.6. The van der Waals surface area contributed by atoms with Crippen LogP contribution in [0.3, 0.4) is 0 Å². The molecule has 0 radical (unpaired) electrons. The zero-order chi connectivity index (χ0) is 37.3. The number of carbonyl (C=O) groups is 2. The van der Waals surface area contributed by atoms with E-state index >= 15 is 0 Å². The van der Waals surface area contributed by atoms with E-state index in [4.69, 9.17) is 4.74 Å². The summed E-state index contributed by atoms with van der Waals surface area (Å²) in [7, 11) is 0. The number of nitrogens with one attached hydrogen (secondary N) is 1. The fraction of sp³-hybridized carbons (Fsp3) is 0.822. The molecule has 3 N–H and O–H groups in total. The normalized spacial score (nSPS) is 13.1. The van der Waals surface area contributed by atoms with Crippen LogP contribution in [0.2, 0.25) is 0 Å². The summed E-state index contributed by atoms with van der Waals surface area (Å²) in [6.45, 7) is 4.75. The van der Waals surface area contributed by atoms with Crippen LogP contribution in [0.25, 0.3) is 0 Å². The van der Waals surface area contributed by atoms with E-state index in [0.29, 0.717) is 19.4 Å². The van der Waals surface area contributed by atoms with Gasteiger partial charge in [0.25, 0.3) is 0 Å². The molecule has 2 unspecified atom stereocenters. The molecule has 298 valence electrons. The largest absolute Gasteiger partial charge is 0.466 e. The molecule has 0 aliphatic carbocycles. The van der Waals surface area contributed by atoms with Gasteiger partial charge in [0.05, 0.1) is 25.4 Å². The number of hydrogen-bond donors (Lipinski definition) is 3. The third-order valence-electron chi connectivity index (χ3n) is 9.63. The summed E-state index contributed by atoms with van der Waals surface area (Å²) in [6.07, 6.45) is 47.1. The van der Waals surface area contributed by atoms with E-state index in [2.05, 4.69) is 43.5 Å². The van der Waals surface area contributed by atoms with Gasteiger partial charge in [-0.15, -0.1) is 0 Å². The minimum absolute atomic E-state index is 0.0473. The van der Waals surface area contributed by atoms with Crippen LogP contribution in [0.4, 0.5) is 0 Å². The first-order valence-corrected chi connectivity index (χ1v) is 21.8. The third kappa shape index (κ3) is 37.6. The summed E-state index contributed by atoms with van der Waals surface area (Å²) in [6, 6.07) is -0.663. The van der Waals surface area contributed by atoms with E-state index in [0.717, 1.165) is 70.6 Å². The molecular formula is C45H83NO5. The van der Waals surface area contributed by atoms with Crippen molar-refractivity contribution >= 4 is 11.9 Å². The maximum Gasteiger partial charge on any atom is 0.305 e. The molecular weight excluding hydrogens is 634 g/mol. The Morgan fingerprint density at radius 3 is 1.43 bits per heavy atom. The number of carbonyl (C=O) groups excluding carboxylic acids is 2. The lowest BCUT2D eigenvalue weighted by Crippen LogP contribution is -2.45. The van der Waals surface area contributed by atoms with Crippen molar-refractivity contribution in [3.05, 3.63) is 36.5 Å². The third-order valence-corrected chi connectivity index (χ3v) is 9.63. The molecule has 0 fully saturated rings. The minimum Gasteiger partial charge on any atom is -0.466 e. The van der Waals surface area contributed by atoms with E-state index in [1.807, 2.05) is 6.08 Å². The van der Waals surface area contributed by atoms with Crippen molar-refractivity contribution in [3.8, 4) is 0 Å². The van der Waals surface area contributed by atoms with Crippen molar-refractivity contribution < 1.29 is 24.5 Å². The van der Waals surface area contributed by atoms with Crippen LogP contribution in [0.5, 0.6) is 0 Å². The van der Waals surface area contributed by atoms with Gasteiger partial charge in [-0.05, 0) is 77.0 Å². The molecule has 0 aliphatic rings. The second-order valence-electron chi connectivity index (χ2n) is 14.7. The van der Waals surface area contributed by atoms with Crippen LogP contribution in [0.15, 0.2) is 36.5 Å². The number of allylic oxidation sites excluding steroid dienone is 5. The van der Waals surface area contributed by atoms with E-state index in [-0.39, 0.29) is 18.5 Å². The molecule has 0 bridgehead atoms. The van der Waals surface area contributed by atoms with Gasteiger partial charge in [-0.3, -0.25) is 9.59 Å². The molecule has 0 spiro atoms. The van der Waals surface area contributed by atoms with Crippen molar-refractivity contribution in [2.45, 2.75) is 225 Å². The van der Waals surface area contributed by atoms with Crippen molar-refractivity contribution in [3.63, 3.8) is 0 Å². The fourth-order valence-corrected chi connectivity index (χ4v) is 6.22. The van der Waals surface area contributed by atoms with E-state index in [1.54, 1.807) is 6.08 Å². The van der Waals surface area contributed by atoms with E-state index in [1.165, 1.54) is 116 Å². The lowest BCUT2D eigenvalue weighted by Gasteiger charge is -2.19. The van der Waals surface area contributed by atoms with Gasteiger partial charge in [-0.1, -0.05) is 159 Å². The highest BCUT2D eigenvalue weighted by atomic mass is 16.5. The number of unbranched alkanes of at least 4 members (excludes halogenated alkanes) is 24. The van der Waals surface area contributed by atoms with Crippen molar-refractivity contribution in [2.75, 3.05) is 13.2 Å². The molecule has 6 heteroatoms. The summed E-state index contributed by atoms with van der Waals surface area (Å²) >= 11 is 0. The van der Waals surface area contributed by atoms with Gasteiger partial charge in [0.15, 0.2) is 0 Å². The topological polar surface area (TPSA) is 95.9 Å². The Balaban J connectivity index is 3.57. The summed E-state index contributed by atoms with van der Waals surface area (Å²) in [4.78, 5) is 24.3. The van der Waals surface area contributed by atoms with Crippen LogP contribution >= 0.6 is 0 Å². The maximum absolute atomic E-state index is 12.3. The lowest BCUT2D eigenvalue weighted by atomic mass is 10.1. The van der Waals surface area contributed by atoms with E-state index in [9.17, 15) is 19.8 Å². The van der Waals surface area contributed by atoms with Gasteiger partial charge in [0.1, 0.15) is 0 Å². The van der Waals surface area contributed by atoms with Gasteiger partial charge in [0.2, 0.25) is 5.91 Å². The second kappa shape index (κ2) is 40.8. The average molecular weight is 718 g/mol. The van der Waals surface area contributed by atoms with Gasteiger partial charge >= 0.3 is 5.97 Å². The number of aliphatic hydroxyl groups is 2. The van der Waals surface area contributed by atoms with Gasteiger partial charge in [-0.25, -0.2) is 0 Å². The monoisotopic (exact) mass is 718 g/mol. The van der Waals surface area contributed by atoms with Crippen LogP contribution < -0.4 is 5.32 Å². The highest BCUT2D eigenvalue weighted by Crippen LogP contribution is 2.12. The average Bonchev–Trinajstić information content (AvgIpc) is 3.13.